The molecule has 2 heterocycles. The molecule has 0 aromatic heterocycles. The lowest BCUT2D eigenvalue weighted by Gasteiger charge is -2.37. The summed E-state index contributed by atoms with van der Waals surface area (Å²) in [5.41, 5.74) is -0.457. The van der Waals surface area contributed by atoms with Crippen LogP contribution in [-0.2, 0) is 9.47 Å². The topological polar surface area (TPSA) is 59.0 Å². The second-order valence-corrected chi connectivity index (χ2v) is 6.72. The van der Waals surface area contributed by atoms with Crippen molar-refractivity contribution in [2.24, 2.45) is 11.3 Å². The Morgan fingerprint density at radius 1 is 1.42 bits per heavy atom. The van der Waals surface area contributed by atoms with Crippen molar-refractivity contribution in [2.45, 2.75) is 39.2 Å². The van der Waals surface area contributed by atoms with Crippen molar-refractivity contribution >= 4 is 6.09 Å². The summed E-state index contributed by atoms with van der Waals surface area (Å²) >= 11 is 0. The van der Waals surface area contributed by atoms with E-state index in [2.05, 4.69) is 0 Å². The molecule has 5 heteroatoms. The van der Waals surface area contributed by atoms with Crippen LogP contribution in [0, 0.1) is 11.3 Å². The first-order valence-corrected chi connectivity index (χ1v) is 7.03. The molecule has 0 saturated carbocycles. The van der Waals surface area contributed by atoms with E-state index in [1.165, 1.54) is 0 Å². The molecule has 0 aromatic carbocycles. The largest absolute Gasteiger partial charge is 0.444 e. The van der Waals surface area contributed by atoms with Crippen LogP contribution in [0.25, 0.3) is 0 Å². The van der Waals surface area contributed by atoms with Crippen LogP contribution < -0.4 is 0 Å². The maximum absolute atomic E-state index is 12.1. The number of carbonyl (C=O) groups is 1. The highest BCUT2D eigenvalue weighted by atomic mass is 16.6. The molecule has 110 valence electrons. The van der Waals surface area contributed by atoms with Crippen LogP contribution >= 0.6 is 0 Å². The molecule has 0 unspecified atom stereocenters. The Hall–Kier alpha value is -0.810. The summed E-state index contributed by atoms with van der Waals surface area (Å²) in [4.78, 5) is 13.9. The second-order valence-electron chi connectivity index (χ2n) is 6.72. The maximum atomic E-state index is 12.1. The number of nitrogens with zero attached hydrogens (tertiary/aromatic N) is 1. The van der Waals surface area contributed by atoms with Gasteiger partial charge in [0.15, 0.2) is 0 Å². The first-order chi connectivity index (χ1) is 8.86. The van der Waals surface area contributed by atoms with Crippen LogP contribution in [0.2, 0.25) is 0 Å². The maximum Gasteiger partial charge on any atom is 0.410 e. The van der Waals surface area contributed by atoms with E-state index in [-0.39, 0.29) is 24.0 Å². The van der Waals surface area contributed by atoms with E-state index >= 15 is 0 Å². The first-order valence-electron chi connectivity index (χ1n) is 7.03. The smallest absolute Gasteiger partial charge is 0.410 e. The molecular formula is C14H25NO4. The Bertz CT molecular complexity index is 331. The monoisotopic (exact) mass is 271 g/mol. The summed E-state index contributed by atoms with van der Waals surface area (Å²) < 4.78 is 10.8. The zero-order valence-electron chi connectivity index (χ0n) is 12.1. The SMILES string of the molecule is CC(C)(C)OC(=O)N1C[C@H](CO)C2(CCOCC2)C1. The summed E-state index contributed by atoms with van der Waals surface area (Å²) in [6.07, 6.45) is 1.56. The highest BCUT2D eigenvalue weighted by molar-refractivity contribution is 5.68. The summed E-state index contributed by atoms with van der Waals surface area (Å²) in [6, 6.07) is 0. The molecule has 0 aliphatic carbocycles. The Morgan fingerprint density at radius 2 is 2.05 bits per heavy atom. The second kappa shape index (κ2) is 5.29. The molecule has 5 nitrogen and oxygen atoms in total. The molecule has 1 atom stereocenters. The van der Waals surface area contributed by atoms with Crippen molar-refractivity contribution in [1.82, 2.24) is 4.90 Å². The average molecular weight is 271 g/mol. The van der Waals surface area contributed by atoms with Crippen LogP contribution in [0.4, 0.5) is 4.79 Å². The van der Waals surface area contributed by atoms with Gasteiger partial charge < -0.3 is 19.5 Å². The lowest BCUT2D eigenvalue weighted by molar-refractivity contribution is -0.0135. The number of hydrogen-bond acceptors (Lipinski definition) is 4. The number of aliphatic hydroxyl groups excluding tert-OH is 1. The standard InChI is InChI=1S/C14H25NO4/c1-13(2,3)19-12(17)15-8-11(9-16)14(10-15)4-6-18-7-5-14/h11,16H,4-10H2,1-3H3/t11-/m1/s1. The molecule has 2 rings (SSSR count). The number of ether oxygens (including phenoxy) is 2. The van der Waals surface area contributed by atoms with Crippen LogP contribution in [0.5, 0.6) is 0 Å². The van der Waals surface area contributed by atoms with Gasteiger partial charge in [-0.3, -0.25) is 0 Å². The van der Waals surface area contributed by atoms with Gasteiger partial charge in [0.2, 0.25) is 0 Å². The van der Waals surface area contributed by atoms with Crippen LogP contribution in [0.3, 0.4) is 0 Å². The first kappa shape index (κ1) is 14.6. The van der Waals surface area contributed by atoms with Gasteiger partial charge in [0.1, 0.15) is 5.60 Å². The van der Waals surface area contributed by atoms with Gasteiger partial charge in [-0.1, -0.05) is 0 Å². The van der Waals surface area contributed by atoms with Crippen LogP contribution in [-0.4, -0.2) is 54.6 Å². The van der Waals surface area contributed by atoms with Gasteiger partial charge in [-0.2, -0.15) is 0 Å². The number of likely N-dealkylation sites (tertiary alicyclic amines) is 1. The predicted molar refractivity (Wildman–Crippen MR) is 70.9 cm³/mol. The molecular weight excluding hydrogens is 246 g/mol. The number of aliphatic hydroxyl groups is 1. The molecule has 2 aliphatic rings. The third-order valence-corrected chi connectivity index (χ3v) is 4.17. The molecule has 2 aliphatic heterocycles. The minimum Gasteiger partial charge on any atom is -0.444 e. The third kappa shape index (κ3) is 3.20. The molecule has 0 aromatic rings. The fourth-order valence-electron chi connectivity index (χ4n) is 3.09. The van der Waals surface area contributed by atoms with Crippen molar-refractivity contribution < 1.29 is 19.4 Å². The summed E-state index contributed by atoms with van der Waals surface area (Å²) in [6.45, 7) is 8.44. The lowest BCUT2D eigenvalue weighted by atomic mass is 9.72. The van der Waals surface area contributed by atoms with E-state index in [4.69, 9.17) is 9.47 Å². The van der Waals surface area contributed by atoms with E-state index in [1.54, 1.807) is 4.90 Å². The Labute approximate surface area is 114 Å². The molecule has 19 heavy (non-hydrogen) atoms. The number of amides is 1. The molecule has 0 bridgehead atoms. The zero-order valence-corrected chi connectivity index (χ0v) is 12.1. The van der Waals surface area contributed by atoms with E-state index in [0.717, 1.165) is 26.1 Å². The van der Waals surface area contributed by atoms with Gasteiger partial charge in [-0.25, -0.2) is 4.79 Å². The van der Waals surface area contributed by atoms with E-state index in [0.29, 0.717) is 13.1 Å². The number of hydrogen-bond donors (Lipinski definition) is 1. The van der Waals surface area contributed by atoms with Gasteiger partial charge in [0.25, 0.3) is 0 Å². The van der Waals surface area contributed by atoms with Crippen molar-refractivity contribution in [1.29, 1.82) is 0 Å². The van der Waals surface area contributed by atoms with E-state index in [1.807, 2.05) is 20.8 Å². The predicted octanol–water partition coefficient (Wildman–Crippen LogP) is 1.64. The minimum atomic E-state index is -0.475. The van der Waals surface area contributed by atoms with Crippen molar-refractivity contribution in [2.75, 3.05) is 32.9 Å². The van der Waals surface area contributed by atoms with Gasteiger partial charge in [0.05, 0.1) is 0 Å². The van der Waals surface area contributed by atoms with Crippen LogP contribution in [0.1, 0.15) is 33.6 Å². The Morgan fingerprint density at radius 3 is 2.58 bits per heavy atom. The third-order valence-electron chi connectivity index (χ3n) is 4.17. The summed E-state index contributed by atoms with van der Waals surface area (Å²) in [7, 11) is 0. The van der Waals surface area contributed by atoms with Gasteiger partial charge >= 0.3 is 6.09 Å². The minimum absolute atomic E-state index is 0.0178. The lowest BCUT2D eigenvalue weighted by Crippen LogP contribution is -2.39. The molecule has 1 N–H and O–H groups in total. The van der Waals surface area contributed by atoms with Crippen molar-refractivity contribution in [3.05, 3.63) is 0 Å². The van der Waals surface area contributed by atoms with Crippen LogP contribution in [0.15, 0.2) is 0 Å². The molecule has 2 fully saturated rings. The highest BCUT2D eigenvalue weighted by Gasteiger charge is 2.48. The fourth-order valence-corrected chi connectivity index (χ4v) is 3.09. The van der Waals surface area contributed by atoms with Crippen molar-refractivity contribution in [3.8, 4) is 0 Å². The fraction of sp³-hybridized carbons (Fsp3) is 0.929. The molecule has 2 saturated heterocycles. The number of carbonyl (C=O) groups excluding carboxylic acids is 1. The van der Waals surface area contributed by atoms with Gasteiger partial charge in [-0.15, -0.1) is 0 Å². The molecule has 0 radical (unpaired) electrons. The van der Waals surface area contributed by atoms with Gasteiger partial charge in [0, 0.05) is 38.8 Å². The van der Waals surface area contributed by atoms with E-state index < -0.39 is 5.60 Å². The normalized spacial score (nSPS) is 26.7. The van der Waals surface area contributed by atoms with Gasteiger partial charge in [-0.05, 0) is 39.0 Å². The summed E-state index contributed by atoms with van der Waals surface area (Å²) in [5.74, 6) is 0.143. The van der Waals surface area contributed by atoms with Crippen molar-refractivity contribution in [3.63, 3.8) is 0 Å². The Kier molecular flexibility index (Phi) is 4.06. The number of rotatable bonds is 1. The highest BCUT2D eigenvalue weighted by Crippen LogP contribution is 2.44. The average Bonchev–Trinajstić information content (AvgIpc) is 2.67. The molecule has 1 amide bonds. The zero-order chi connectivity index (χ0) is 14.1. The quantitative estimate of drug-likeness (QED) is 0.787. The molecule has 1 spiro atoms. The Balaban J connectivity index is 2.04. The van der Waals surface area contributed by atoms with E-state index in [9.17, 15) is 9.90 Å². The summed E-state index contributed by atoms with van der Waals surface area (Å²) in [5, 5.41) is 9.60.